The van der Waals surface area contributed by atoms with Gasteiger partial charge >= 0.3 is 28.3 Å². The number of aromatic nitrogens is 4. The predicted octanol–water partition coefficient (Wildman–Crippen LogP) is 19.2. The summed E-state index contributed by atoms with van der Waals surface area (Å²) < 4.78 is 64.3. The highest BCUT2D eigenvalue weighted by molar-refractivity contribution is 9.10. The molecule has 0 atom stereocenters. The van der Waals surface area contributed by atoms with Crippen molar-refractivity contribution in [3.05, 3.63) is 214 Å². The van der Waals surface area contributed by atoms with E-state index in [9.17, 15) is 0 Å². The van der Waals surface area contributed by atoms with E-state index in [1.54, 1.807) is 25.3 Å². The van der Waals surface area contributed by atoms with Crippen LogP contribution in [0.2, 0.25) is 15.1 Å². The van der Waals surface area contributed by atoms with Crippen LogP contribution in [0.3, 0.4) is 0 Å². The smallest absolute Gasteiger partial charge is 0.481 e. The Bertz CT molecular complexity index is 5570. The maximum atomic E-state index is 9.13. The molecule has 20 nitrogen and oxygen atoms in total. The number of para-hydroxylation sites is 4. The third kappa shape index (κ3) is 18.1. The van der Waals surface area contributed by atoms with E-state index in [2.05, 4.69) is 82.8 Å². The summed E-state index contributed by atoms with van der Waals surface area (Å²) in [5.74, 6) is 0.757. The number of ether oxygens (including phenoxy) is 3. The van der Waals surface area contributed by atoms with Gasteiger partial charge in [0.1, 0.15) is 11.2 Å². The van der Waals surface area contributed by atoms with E-state index in [-0.39, 0.29) is 51.1 Å². The van der Waals surface area contributed by atoms with Crippen LogP contribution >= 0.6 is 50.7 Å². The highest BCUT2D eigenvalue weighted by atomic mass is 79.9. The molecule has 18 rings (SSSR count). The van der Waals surface area contributed by atoms with Gasteiger partial charge < -0.3 is 78.6 Å². The first kappa shape index (κ1) is 84.3. The molecule has 8 aromatic carbocycles. The lowest BCUT2D eigenvalue weighted by Crippen LogP contribution is -2.41. The van der Waals surface area contributed by atoms with Gasteiger partial charge in [0, 0.05) is 78.9 Å². The number of hydrogen-bond acceptors (Lipinski definition) is 20. The molecule has 0 radical (unpaired) electrons. The summed E-state index contributed by atoms with van der Waals surface area (Å²) in [5.41, 5.74) is 19.8. The molecule has 580 valence electrons. The standard InChI is InChI=1S/C21H20BNO3.C16H13ClN2O.C15H8ClNO.C12H24B2O4.C10H10BNO3.C6H5BrClN.C4H8O.H3N/c1-20(2)21(3,4)26-22(25-20)15-9-7-11-17-18(15)14-12-13-8-5-6-10-16(13)23-19(14)24-17;1-20-16-11(15-12(17)6-4-7-13(15)18)9-10-5-2-3-8-14(10)19-16;16-11-5-3-7-13-14(11)10-8-9-4-1-2-6-12(9)17-15(10)18-13;1-9(2)10(3,4)16-13(15-9)14-17-11(5,6)12(7,8)18-14;1-15-10-8(11(13)14)6-7-4-2-3-5-9(7)12-10;7-6-4(8)2-1-3-5(6)9;1-2-4-5-3-1;/h5-12H,1-4H3;2-9H,18H2,1H3;1-8H;1-8H3;2-6,13-14H,1H3;1-3H,9H2;1-4H2;1H3. The van der Waals surface area contributed by atoms with Crippen molar-refractivity contribution >= 4 is 189 Å². The van der Waals surface area contributed by atoms with Crippen molar-refractivity contribution in [1.82, 2.24) is 26.1 Å². The molecule has 0 bridgehead atoms. The molecule has 0 aliphatic carbocycles. The van der Waals surface area contributed by atoms with Crippen molar-refractivity contribution in [2.45, 2.75) is 130 Å². The Labute approximate surface area is 676 Å². The highest BCUT2D eigenvalue weighted by Gasteiger charge is 2.64. The largest absolute Gasteiger partial charge is 0.495 e. The Morgan fingerprint density at radius 3 is 1.26 bits per heavy atom. The molecular formula is C84H91B4BrCl3N7O13. The Balaban J connectivity index is 0.000000133. The minimum absolute atomic E-state index is 0. The van der Waals surface area contributed by atoms with E-state index in [4.69, 9.17) is 112 Å². The molecule has 112 heavy (non-hydrogen) atoms. The average Bonchev–Trinajstić information content (AvgIpc) is 1.60. The van der Waals surface area contributed by atoms with Crippen LogP contribution in [0.15, 0.2) is 207 Å². The van der Waals surface area contributed by atoms with Crippen LogP contribution in [0.25, 0.3) is 98.9 Å². The zero-order valence-electron chi connectivity index (χ0n) is 65.2. The second kappa shape index (κ2) is 34.6. The van der Waals surface area contributed by atoms with Crippen molar-refractivity contribution in [3.63, 3.8) is 0 Å². The topological polar surface area (TPSA) is 288 Å². The van der Waals surface area contributed by atoms with Gasteiger partial charge in [-0.15, -0.1) is 0 Å². The van der Waals surface area contributed by atoms with E-state index in [0.29, 0.717) is 43.7 Å². The Morgan fingerprint density at radius 2 is 0.821 bits per heavy atom. The second-order valence-corrected chi connectivity index (χ2v) is 32.0. The molecule has 4 aliphatic heterocycles. The van der Waals surface area contributed by atoms with E-state index in [1.807, 2.05) is 207 Å². The summed E-state index contributed by atoms with van der Waals surface area (Å²) in [6.45, 7) is 26.5. The van der Waals surface area contributed by atoms with Gasteiger partial charge in [0.05, 0.1) is 94.8 Å². The molecule has 0 unspecified atom stereocenters. The number of methoxy groups -OCH3 is 2. The molecule has 0 amide bonds. The Hall–Kier alpha value is -8.59. The van der Waals surface area contributed by atoms with Crippen LogP contribution in [0.1, 0.15) is 95.9 Å². The Kier molecular flexibility index (Phi) is 26.1. The lowest BCUT2D eigenvalue weighted by molar-refractivity contribution is 0.00578. The van der Waals surface area contributed by atoms with Gasteiger partial charge in [-0.25, -0.2) is 19.9 Å². The molecule has 4 saturated heterocycles. The first-order chi connectivity index (χ1) is 52.7. The van der Waals surface area contributed by atoms with Crippen molar-refractivity contribution in [2.75, 3.05) is 38.9 Å². The third-order valence-corrected chi connectivity index (χ3v) is 22.9. The van der Waals surface area contributed by atoms with Crippen LogP contribution in [-0.2, 0) is 32.7 Å². The molecule has 0 saturated carbocycles. The first-order valence-corrected chi connectivity index (χ1v) is 38.3. The zero-order chi connectivity index (χ0) is 79.5. The number of nitrogen functional groups attached to an aromatic ring is 2. The van der Waals surface area contributed by atoms with Gasteiger partial charge in [0.25, 0.3) is 0 Å². The molecule has 0 spiro atoms. The van der Waals surface area contributed by atoms with E-state index in [0.717, 1.165) is 111 Å². The molecule has 6 aromatic heterocycles. The molecule has 28 heteroatoms. The summed E-state index contributed by atoms with van der Waals surface area (Å²) in [5, 5.41) is 28.1. The van der Waals surface area contributed by atoms with Gasteiger partial charge in [-0.1, -0.05) is 138 Å². The zero-order valence-corrected chi connectivity index (χ0v) is 69.0. The fourth-order valence-corrected chi connectivity index (χ4v) is 13.6. The number of benzene rings is 8. The molecule has 9 N–H and O–H groups in total. The van der Waals surface area contributed by atoms with Gasteiger partial charge in [-0.3, -0.25) is 0 Å². The maximum Gasteiger partial charge on any atom is 0.495 e. The van der Waals surface area contributed by atoms with Gasteiger partial charge in [-0.2, -0.15) is 0 Å². The summed E-state index contributed by atoms with van der Waals surface area (Å²) in [7, 11) is 0.0801. The quantitative estimate of drug-likeness (QED) is 0.0763. The number of fused-ring (bicyclic) bond motifs is 10. The van der Waals surface area contributed by atoms with Gasteiger partial charge in [-0.05, 0) is 208 Å². The normalized spacial score (nSPS) is 16.6. The summed E-state index contributed by atoms with van der Waals surface area (Å²) in [6, 6.07) is 61.7. The van der Waals surface area contributed by atoms with Crippen molar-refractivity contribution in [2.24, 2.45) is 0 Å². The molecule has 14 aromatic rings. The summed E-state index contributed by atoms with van der Waals surface area (Å²) >= 11 is 21.4. The lowest BCUT2D eigenvalue weighted by atomic mass is 9.49. The SMILES string of the molecule is C1CCOC1.CC1(C)OB(B2OC(C)(C)C(C)(C)O2)OC1(C)C.CC1(C)OB(c2cccc3oc4nc5ccccc5cc4c23)OC1(C)C.COc1nc2ccccc2cc1-c1c(N)cccc1Cl.COc1nc2ccccc2cc1B(O)O.Clc1cccc2oc3nc4ccccc4cc3c12.N.Nc1cccc(Cl)c1Br. The minimum Gasteiger partial charge on any atom is -0.481 e. The van der Waals surface area contributed by atoms with Crippen molar-refractivity contribution in [3.8, 4) is 22.9 Å². The van der Waals surface area contributed by atoms with Crippen LogP contribution in [0, 0.1) is 0 Å². The monoisotopic (exact) mass is 1630 g/mol. The van der Waals surface area contributed by atoms with Crippen molar-refractivity contribution < 1.29 is 61.0 Å². The molecule has 4 aliphatic rings. The Morgan fingerprint density at radius 1 is 0.438 bits per heavy atom. The number of pyridine rings is 4. The van der Waals surface area contributed by atoms with Crippen LogP contribution in [0.5, 0.6) is 11.8 Å². The van der Waals surface area contributed by atoms with Gasteiger partial charge in [0.2, 0.25) is 23.2 Å². The fraction of sp³-hybridized carbons (Fsp3) is 0.286. The summed E-state index contributed by atoms with van der Waals surface area (Å²) in [6.07, 6.45) is 2.56. The minimum atomic E-state index is -1.57. The number of rotatable bonds is 6. The molecule has 10 heterocycles. The third-order valence-electron chi connectivity index (χ3n) is 20.8. The summed E-state index contributed by atoms with van der Waals surface area (Å²) in [4.78, 5) is 17.9. The second-order valence-electron chi connectivity index (χ2n) is 30.0. The number of anilines is 2. The number of nitrogens with zero attached hydrogens (tertiary/aromatic N) is 4. The lowest BCUT2D eigenvalue weighted by Gasteiger charge is -2.32. The number of hydrogen-bond donors (Lipinski definition) is 5. The van der Waals surface area contributed by atoms with Crippen LogP contribution < -0.4 is 38.0 Å². The average molecular weight is 1640 g/mol. The van der Waals surface area contributed by atoms with E-state index >= 15 is 0 Å². The van der Waals surface area contributed by atoms with Crippen molar-refractivity contribution in [1.29, 1.82) is 0 Å². The van der Waals surface area contributed by atoms with E-state index in [1.165, 1.54) is 20.0 Å². The maximum absolute atomic E-state index is 9.13. The molecule has 4 fully saturated rings. The van der Waals surface area contributed by atoms with Crippen LogP contribution in [-0.4, -0.2) is 119 Å². The van der Waals surface area contributed by atoms with Crippen LogP contribution in [0.4, 0.5) is 11.4 Å². The van der Waals surface area contributed by atoms with E-state index < -0.39 is 28.3 Å². The number of halogens is 4. The molecular weight excluding hydrogens is 1540 g/mol. The predicted molar refractivity (Wildman–Crippen MR) is 461 cm³/mol. The fourth-order valence-electron chi connectivity index (χ4n) is 12.6. The van der Waals surface area contributed by atoms with Gasteiger partial charge in [0.15, 0.2) is 0 Å². The first-order valence-electron chi connectivity index (χ1n) is 36.4. The number of furan rings is 2. The highest BCUT2D eigenvalue weighted by Crippen LogP contribution is 2.45. The number of nitrogens with two attached hydrogens (primary N) is 2.